The van der Waals surface area contributed by atoms with Gasteiger partial charge >= 0.3 is 163 Å². The second-order valence-corrected chi connectivity index (χ2v) is 8.95. The number of hydrogen-bond acceptors (Lipinski definition) is 2. The molecule has 1 atom stereocenters. The molecule has 4 heteroatoms. The maximum atomic E-state index is 12.1. The van der Waals surface area contributed by atoms with Gasteiger partial charge in [-0.1, -0.05) is 0 Å². The van der Waals surface area contributed by atoms with Gasteiger partial charge in [0, 0.05) is 0 Å². The number of rotatable bonds is 4. The van der Waals surface area contributed by atoms with E-state index in [1.54, 1.807) is 0 Å². The van der Waals surface area contributed by atoms with Crippen LogP contribution in [0.25, 0.3) is 3.62 Å². The molecule has 3 nitrogen and oxygen atoms in total. The Morgan fingerprint density at radius 3 is 2.04 bits per heavy atom. The molecule has 0 spiro atoms. The molecule has 1 heterocycles. The predicted molar refractivity (Wildman–Crippen MR) is 104 cm³/mol. The van der Waals surface area contributed by atoms with E-state index in [9.17, 15) is 4.79 Å². The van der Waals surface area contributed by atoms with Crippen LogP contribution in [0.1, 0.15) is 17.2 Å². The van der Waals surface area contributed by atoms with Crippen LogP contribution >= 0.6 is 0 Å². The molecule has 4 rings (SSSR count). The standard InChI is InChI=1S/C22H17NO2Te/c24-22-23-19(16-10-4-1-5-11-16)20(25-22)21(17-12-6-2-7-13-17)26-18-14-8-3-9-15-18/h1-15,19H,(H,23,24)/b21-20+. The second kappa shape index (κ2) is 7.78. The van der Waals surface area contributed by atoms with Crippen molar-refractivity contribution < 1.29 is 9.53 Å². The van der Waals surface area contributed by atoms with Gasteiger partial charge < -0.3 is 0 Å². The number of nitrogens with one attached hydrogen (secondary N) is 1. The zero-order valence-corrected chi connectivity index (χ0v) is 16.3. The normalized spacial score (nSPS) is 18.2. The third kappa shape index (κ3) is 3.67. The Bertz CT molecular complexity index is 924. The molecule has 3 aromatic rings. The number of cyclic esters (lactones) is 1. The zero-order valence-electron chi connectivity index (χ0n) is 14.0. The predicted octanol–water partition coefficient (Wildman–Crippen LogP) is 3.87. The van der Waals surface area contributed by atoms with Crippen LogP contribution in [0.15, 0.2) is 96.8 Å². The summed E-state index contributed by atoms with van der Waals surface area (Å²) in [5.74, 6) is 0.735. The molecule has 1 N–H and O–H groups in total. The number of hydrogen-bond donors (Lipinski definition) is 1. The van der Waals surface area contributed by atoms with E-state index >= 15 is 0 Å². The molecule has 1 fully saturated rings. The Hall–Kier alpha value is -2.54. The maximum absolute atomic E-state index is 12.1. The zero-order chi connectivity index (χ0) is 17.8. The molecular formula is C22H17NO2Te. The van der Waals surface area contributed by atoms with Crippen molar-refractivity contribution in [3.05, 3.63) is 108 Å². The van der Waals surface area contributed by atoms with Gasteiger partial charge in [0.1, 0.15) is 0 Å². The van der Waals surface area contributed by atoms with Gasteiger partial charge in [-0.2, -0.15) is 0 Å². The summed E-state index contributed by atoms with van der Waals surface area (Å²) in [6.45, 7) is 0. The molecule has 0 bridgehead atoms. The SMILES string of the molecule is O=C1NC(c2ccccc2)/C(=C(\[Te]c2ccccc2)c2ccccc2)O1. The molecule has 3 aromatic carbocycles. The van der Waals surface area contributed by atoms with Crippen molar-refractivity contribution in [2.45, 2.75) is 6.04 Å². The summed E-state index contributed by atoms with van der Waals surface area (Å²) < 4.78 is 8.13. The van der Waals surface area contributed by atoms with Gasteiger partial charge in [0.25, 0.3) is 0 Å². The fourth-order valence-corrected chi connectivity index (χ4v) is 5.85. The summed E-state index contributed by atoms with van der Waals surface area (Å²) in [6, 6.07) is 30.4. The van der Waals surface area contributed by atoms with Crippen LogP contribution in [0.5, 0.6) is 0 Å². The summed E-state index contributed by atoms with van der Waals surface area (Å²) in [6.07, 6.45) is -0.386. The minimum absolute atomic E-state index is 0.243. The first-order valence-electron chi connectivity index (χ1n) is 8.37. The van der Waals surface area contributed by atoms with Crippen LogP contribution in [0.4, 0.5) is 4.79 Å². The van der Waals surface area contributed by atoms with Crippen molar-refractivity contribution in [1.82, 2.24) is 5.32 Å². The van der Waals surface area contributed by atoms with Gasteiger partial charge in [0.15, 0.2) is 0 Å². The molecule has 0 radical (unpaired) electrons. The summed E-state index contributed by atoms with van der Waals surface area (Å²) >= 11 is -0.725. The van der Waals surface area contributed by atoms with Crippen LogP contribution in [-0.2, 0) is 4.74 Å². The minimum atomic E-state index is -0.725. The molecule has 128 valence electrons. The van der Waals surface area contributed by atoms with E-state index in [1.807, 2.05) is 54.6 Å². The number of alkyl carbamates (subject to hydrolysis) is 1. The number of benzene rings is 3. The average Bonchev–Trinajstić information content (AvgIpc) is 3.10. The number of carbonyl (C=O) groups is 1. The summed E-state index contributed by atoms with van der Waals surface area (Å²) in [5.41, 5.74) is 2.15. The second-order valence-electron chi connectivity index (χ2n) is 5.85. The topological polar surface area (TPSA) is 38.3 Å². The van der Waals surface area contributed by atoms with Crippen molar-refractivity contribution in [1.29, 1.82) is 0 Å². The summed E-state index contributed by atoms with van der Waals surface area (Å²) in [4.78, 5) is 12.1. The van der Waals surface area contributed by atoms with Gasteiger partial charge in [-0.25, -0.2) is 0 Å². The Labute approximate surface area is 162 Å². The summed E-state index contributed by atoms with van der Waals surface area (Å²) in [5, 5.41) is 2.96. The number of ether oxygens (including phenoxy) is 1. The van der Waals surface area contributed by atoms with E-state index in [-0.39, 0.29) is 12.1 Å². The molecule has 1 amide bonds. The molecule has 1 unspecified atom stereocenters. The van der Waals surface area contributed by atoms with Crippen molar-refractivity contribution >= 4 is 34.2 Å². The first kappa shape index (κ1) is 16.9. The number of carbonyl (C=O) groups excluding carboxylic acids is 1. The average molecular weight is 455 g/mol. The van der Waals surface area contributed by atoms with Crippen LogP contribution in [0, 0.1) is 0 Å². The molecule has 1 aliphatic heterocycles. The van der Waals surface area contributed by atoms with Gasteiger partial charge in [0.05, 0.1) is 0 Å². The first-order chi connectivity index (χ1) is 12.8. The van der Waals surface area contributed by atoms with E-state index in [0.29, 0.717) is 0 Å². The molecule has 1 saturated heterocycles. The molecule has 26 heavy (non-hydrogen) atoms. The van der Waals surface area contributed by atoms with Crippen LogP contribution in [-0.4, -0.2) is 27.0 Å². The first-order valence-corrected chi connectivity index (χ1v) is 10.7. The quantitative estimate of drug-likeness (QED) is 0.608. The fraction of sp³-hybridized carbons (Fsp3) is 0.0455. The fourth-order valence-electron chi connectivity index (χ4n) is 2.88. The van der Waals surface area contributed by atoms with E-state index in [4.69, 9.17) is 4.74 Å². The van der Waals surface area contributed by atoms with Gasteiger partial charge in [-0.05, 0) is 0 Å². The van der Waals surface area contributed by atoms with Crippen LogP contribution in [0.3, 0.4) is 0 Å². The Morgan fingerprint density at radius 2 is 1.38 bits per heavy atom. The van der Waals surface area contributed by atoms with E-state index < -0.39 is 20.9 Å². The van der Waals surface area contributed by atoms with Gasteiger partial charge in [-0.3, -0.25) is 0 Å². The molecular weight excluding hydrogens is 438 g/mol. The Kier molecular flexibility index (Phi) is 5.06. The van der Waals surface area contributed by atoms with Crippen molar-refractivity contribution in [2.75, 3.05) is 0 Å². The van der Waals surface area contributed by atoms with Crippen molar-refractivity contribution in [3.63, 3.8) is 0 Å². The molecule has 0 aliphatic carbocycles. The van der Waals surface area contributed by atoms with E-state index in [0.717, 1.165) is 20.5 Å². The van der Waals surface area contributed by atoms with E-state index in [2.05, 4.69) is 41.7 Å². The van der Waals surface area contributed by atoms with Gasteiger partial charge in [0.2, 0.25) is 0 Å². The van der Waals surface area contributed by atoms with Crippen molar-refractivity contribution in [3.8, 4) is 0 Å². The monoisotopic (exact) mass is 457 g/mol. The van der Waals surface area contributed by atoms with Gasteiger partial charge in [-0.15, -0.1) is 0 Å². The summed E-state index contributed by atoms with van der Waals surface area (Å²) in [7, 11) is 0. The molecule has 1 aliphatic rings. The van der Waals surface area contributed by atoms with E-state index in [1.165, 1.54) is 3.61 Å². The van der Waals surface area contributed by atoms with Crippen LogP contribution < -0.4 is 8.93 Å². The van der Waals surface area contributed by atoms with Crippen molar-refractivity contribution in [2.24, 2.45) is 0 Å². The Morgan fingerprint density at radius 1 is 0.808 bits per heavy atom. The number of amides is 1. The third-order valence-corrected chi connectivity index (χ3v) is 7.36. The molecule has 0 aromatic heterocycles. The third-order valence-electron chi connectivity index (χ3n) is 4.08. The molecule has 0 saturated carbocycles. The van der Waals surface area contributed by atoms with Crippen LogP contribution in [0.2, 0.25) is 0 Å². The Balaban J connectivity index is 1.83.